The van der Waals surface area contributed by atoms with E-state index in [2.05, 4.69) is 20.6 Å². The third kappa shape index (κ3) is 5.27. The summed E-state index contributed by atoms with van der Waals surface area (Å²) in [5, 5.41) is 15.5. The zero-order valence-electron chi connectivity index (χ0n) is 14.3. The summed E-state index contributed by atoms with van der Waals surface area (Å²) < 4.78 is 0. The summed E-state index contributed by atoms with van der Waals surface area (Å²) in [4.78, 5) is 20.6. The van der Waals surface area contributed by atoms with Crippen LogP contribution in [0.2, 0.25) is 5.02 Å². The van der Waals surface area contributed by atoms with Gasteiger partial charge in [0.05, 0.1) is 17.2 Å². The standard InChI is InChI=1S/C20H16ClN5O/c21-17-6-4-14(5-7-17)8-9-23-20-24-12-16(13-25-20)19(27)26-18-3-1-2-15(10-18)11-22/h1-7,10,12-13H,8-9H2,(H,26,27)(H,23,24,25). The van der Waals surface area contributed by atoms with Crippen LogP contribution in [0, 0.1) is 11.3 Å². The Kier molecular flexibility index (Phi) is 5.98. The molecule has 0 aliphatic heterocycles. The molecular weight excluding hydrogens is 362 g/mol. The lowest BCUT2D eigenvalue weighted by Gasteiger charge is -2.07. The van der Waals surface area contributed by atoms with Crippen LogP contribution in [0.5, 0.6) is 0 Å². The minimum Gasteiger partial charge on any atom is -0.354 e. The lowest BCUT2D eigenvalue weighted by molar-refractivity contribution is 0.102. The number of rotatable bonds is 6. The van der Waals surface area contributed by atoms with E-state index in [1.54, 1.807) is 24.3 Å². The summed E-state index contributed by atoms with van der Waals surface area (Å²) in [6, 6.07) is 16.4. The number of amides is 1. The van der Waals surface area contributed by atoms with E-state index >= 15 is 0 Å². The van der Waals surface area contributed by atoms with Gasteiger partial charge in [0.2, 0.25) is 5.95 Å². The van der Waals surface area contributed by atoms with Gasteiger partial charge in [0.15, 0.2) is 0 Å². The van der Waals surface area contributed by atoms with Crippen molar-refractivity contribution in [2.75, 3.05) is 17.2 Å². The molecule has 0 aliphatic rings. The summed E-state index contributed by atoms with van der Waals surface area (Å²) in [5.41, 5.74) is 2.51. The van der Waals surface area contributed by atoms with Crippen molar-refractivity contribution >= 4 is 29.1 Å². The summed E-state index contributed by atoms with van der Waals surface area (Å²) in [5.74, 6) is 0.116. The predicted octanol–water partition coefficient (Wildman–Crippen LogP) is 3.91. The molecule has 0 fully saturated rings. The number of nitrogens with one attached hydrogen (secondary N) is 2. The molecule has 134 valence electrons. The Morgan fingerprint density at radius 1 is 1.11 bits per heavy atom. The molecule has 0 bridgehead atoms. The van der Waals surface area contributed by atoms with E-state index in [-0.39, 0.29) is 5.91 Å². The first kappa shape index (κ1) is 18.4. The summed E-state index contributed by atoms with van der Waals surface area (Å²) in [6.07, 6.45) is 3.72. The van der Waals surface area contributed by atoms with E-state index in [1.165, 1.54) is 12.4 Å². The van der Waals surface area contributed by atoms with Gasteiger partial charge in [-0.3, -0.25) is 4.79 Å². The second kappa shape index (κ2) is 8.79. The molecule has 0 unspecified atom stereocenters. The van der Waals surface area contributed by atoms with E-state index in [9.17, 15) is 4.79 Å². The highest BCUT2D eigenvalue weighted by Crippen LogP contribution is 2.12. The fourth-order valence-electron chi connectivity index (χ4n) is 2.38. The Morgan fingerprint density at radius 3 is 2.56 bits per heavy atom. The number of anilines is 2. The van der Waals surface area contributed by atoms with Crippen LogP contribution in [-0.2, 0) is 6.42 Å². The maximum absolute atomic E-state index is 12.2. The molecule has 0 saturated carbocycles. The molecule has 7 heteroatoms. The summed E-state index contributed by atoms with van der Waals surface area (Å²) in [6.45, 7) is 0.661. The lowest BCUT2D eigenvalue weighted by Crippen LogP contribution is -2.14. The number of nitriles is 1. The van der Waals surface area contributed by atoms with Gasteiger partial charge in [-0.15, -0.1) is 0 Å². The highest BCUT2D eigenvalue weighted by atomic mass is 35.5. The van der Waals surface area contributed by atoms with Gasteiger partial charge < -0.3 is 10.6 Å². The van der Waals surface area contributed by atoms with E-state index in [0.29, 0.717) is 34.3 Å². The Morgan fingerprint density at radius 2 is 1.85 bits per heavy atom. The summed E-state index contributed by atoms with van der Waals surface area (Å²) >= 11 is 5.87. The molecule has 0 spiro atoms. The molecule has 6 nitrogen and oxygen atoms in total. The molecule has 0 radical (unpaired) electrons. The minimum absolute atomic E-state index is 0.334. The van der Waals surface area contributed by atoms with Crippen LogP contribution in [-0.4, -0.2) is 22.4 Å². The number of hydrogen-bond donors (Lipinski definition) is 2. The quantitative estimate of drug-likeness (QED) is 0.679. The van der Waals surface area contributed by atoms with Crippen molar-refractivity contribution in [2.24, 2.45) is 0 Å². The lowest BCUT2D eigenvalue weighted by atomic mass is 10.1. The Labute approximate surface area is 161 Å². The maximum Gasteiger partial charge on any atom is 0.258 e. The Bertz CT molecular complexity index is 965. The third-order valence-electron chi connectivity index (χ3n) is 3.77. The number of carbonyl (C=O) groups is 1. The molecule has 2 aromatic carbocycles. The van der Waals surface area contributed by atoms with Crippen molar-refractivity contribution in [1.29, 1.82) is 5.26 Å². The molecule has 1 aromatic heterocycles. The first-order valence-electron chi connectivity index (χ1n) is 8.26. The van der Waals surface area contributed by atoms with Crippen LogP contribution >= 0.6 is 11.6 Å². The highest BCUT2D eigenvalue weighted by molar-refractivity contribution is 6.30. The molecule has 1 amide bonds. The van der Waals surface area contributed by atoms with Gasteiger partial charge in [0.1, 0.15) is 0 Å². The second-order valence-corrected chi connectivity index (χ2v) is 6.18. The number of hydrogen-bond acceptors (Lipinski definition) is 5. The predicted molar refractivity (Wildman–Crippen MR) is 105 cm³/mol. The van der Waals surface area contributed by atoms with E-state index in [0.717, 1.165) is 12.0 Å². The van der Waals surface area contributed by atoms with Crippen molar-refractivity contribution in [3.63, 3.8) is 0 Å². The molecule has 0 atom stereocenters. The zero-order valence-corrected chi connectivity index (χ0v) is 15.1. The largest absolute Gasteiger partial charge is 0.354 e. The molecular formula is C20H16ClN5O. The molecule has 3 rings (SSSR count). The van der Waals surface area contributed by atoms with Crippen molar-refractivity contribution < 1.29 is 4.79 Å². The van der Waals surface area contributed by atoms with Crippen molar-refractivity contribution in [3.8, 4) is 6.07 Å². The van der Waals surface area contributed by atoms with Crippen LogP contribution in [0.4, 0.5) is 11.6 Å². The van der Waals surface area contributed by atoms with Gasteiger partial charge in [-0.25, -0.2) is 9.97 Å². The molecule has 0 saturated heterocycles. The highest BCUT2D eigenvalue weighted by Gasteiger charge is 2.08. The average Bonchev–Trinajstić information content (AvgIpc) is 2.70. The van der Waals surface area contributed by atoms with Crippen molar-refractivity contribution in [1.82, 2.24) is 9.97 Å². The third-order valence-corrected chi connectivity index (χ3v) is 4.03. The second-order valence-electron chi connectivity index (χ2n) is 5.75. The van der Waals surface area contributed by atoms with Gasteiger partial charge in [-0.05, 0) is 42.3 Å². The fraction of sp³-hybridized carbons (Fsp3) is 0.100. The molecule has 27 heavy (non-hydrogen) atoms. The topological polar surface area (TPSA) is 90.7 Å². The van der Waals surface area contributed by atoms with Crippen molar-refractivity contribution in [3.05, 3.63) is 82.6 Å². The Hall–Kier alpha value is -3.43. The fourth-order valence-corrected chi connectivity index (χ4v) is 2.50. The van der Waals surface area contributed by atoms with Crippen LogP contribution in [0.3, 0.4) is 0 Å². The molecule has 1 heterocycles. The minimum atomic E-state index is -0.335. The first-order valence-corrected chi connectivity index (χ1v) is 8.64. The zero-order chi connectivity index (χ0) is 19.1. The smallest absolute Gasteiger partial charge is 0.258 e. The monoisotopic (exact) mass is 377 g/mol. The molecule has 3 aromatic rings. The van der Waals surface area contributed by atoms with Gasteiger partial charge >= 0.3 is 0 Å². The number of halogens is 1. The Balaban J connectivity index is 1.53. The van der Waals surface area contributed by atoms with Gasteiger partial charge in [-0.1, -0.05) is 29.8 Å². The average molecular weight is 378 g/mol. The van der Waals surface area contributed by atoms with Gasteiger partial charge in [0, 0.05) is 29.6 Å². The maximum atomic E-state index is 12.2. The first-order chi connectivity index (χ1) is 13.1. The number of carbonyl (C=O) groups excluding carboxylic acids is 1. The van der Waals surface area contributed by atoms with E-state index < -0.39 is 0 Å². The summed E-state index contributed by atoms with van der Waals surface area (Å²) in [7, 11) is 0. The van der Waals surface area contributed by atoms with Gasteiger partial charge in [0.25, 0.3) is 5.91 Å². The van der Waals surface area contributed by atoms with E-state index in [1.807, 2.05) is 30.3 Å². The molecule has 0 aliphatic carbocycles. The number of nitrogens with zero attached hydrogens (tertiary/aromatic N) is 3. The van der Waals surface area contributed by atoms with Crippen LogP contribution in [0.15, 0.2) is 60.9 Å². The van der Waals surface area contributed by atoms with Crippen LogP contribution < -0.4 is 10.6 Å². The number of aromatic nitrogens is 2. The number of benzene rings is 2. The normalized spacial score (nSPS) is 10.1. The van der Waals surface area contributed by atoms with E-state index in [4.69, 9.17) is 16.9 Å². The van der Waals surface area contributed by atoms with Crippen molar-refractivity contribution in [2.45, 2.75) is 6.42 Å². The van der Waals surface area contributed by atoms with Gasteiger partial charge in [-0.2, -0.15) is 5.26 Å². The molecule has 2 N–H and O–H groups in total. The van der Waals surface area contributed by atoms with Crippen LogP contribution in [0.1, 0.15) is 21.5 Å². The van der Waals surface area contributed by atoms with Crippen LogP contribution in [0.25, 0.3) is 0 Å². The SMILES string of the molecule is N#Cc1cccc(NC(=O)c2cnc(NCCc3ccc(Cl)cc3)nc2)c1.